The molecule has 182 valence electrons. The molecular weight excluding hydrogens is 440 g/mol. The maximum atomic E-state index is 12.2. The first-order valence-electron chi connectivity index (χ1n) is 12.0. The Hall–Kier alpha value is -3.70. The molecule has 1 aromatic carbocycles. The maximum absolute atomic E-state index is 12.2. The standard InChI is InChI=1S/C22H21N5O2.C5H11N/c1-3-4-17(29)27-10-9-16(11-27)20-18(15-7-5-14(12-28)6-8-15)19-21(23)24-13-25-22(19)26(20)2;1-6-4-2-3-5-6/h5-8,12-13,16H,9-11H2,1-2H3,(H2,23,24,25);2-5H2,1H3. The molecule has 0 bridgehead atoms. The Labute approximate surface area is 206 Å². The summed E-state index contributed by atoms with van der Waals surface area (Å²) in [6, 6.07) is 7.39. The monoisotopic (exact) mass is 472 g/mol. The minimum Gasteiger partial charge on any atom is -0.383 e. The molecule has 8 heteroatoms. The van der Waals surface area contributed by atoms with Crippen molar-refractivity contribution < 1.29 is 9.59 Å². The lowest BCUT2D eigenvalue weighted by molar-refractivity contribution is -0.124. The van der Waals surface area contributed by atoms with Gasteiger partial charge in [-0.2, -0.15) is 0 Å². The molecule has 4 heterocycles. The summed E-state index contributed by atoms with van der Waals surface area (Å²) in [7, 11) is 4.14. The molecule has 5 rings (SSSR count). The molecule has 2 fully saturated rings. The van der Waals surface area contributed by atoms with E-state index in [0.717, 1.165) is 40.6 Å². The Bertz CT molecular complexity index is 1280. The van der Waals surface area contributed by atoms with Crippen molar-refractivity contribution in [2.45, 2.75) is 32.1 Å². The first-order chi connectivity index (χ1) is 16.9. The van der Waals surface area contributed by atoms with Gasteiger partial charge < -0.3 is 20.1 Å². The number of aromatic nitrogens is 3. The van der Waals surface area contributed by atoms with Gasteiger partial charge in [-0.1, -0.05) is 30.2 Å². The summed E-state index contributed by atoms with van der Waals surface area (Å²) in [4.78, 5) is 36.1. The van der Waals surface area contributed by atoms with Gasteiger partial charge in [0, 0.05) is 42.9 Å². The lowest BCUT2D eigenvalue weighted by Gasteiger charge is -2.16. The number of benzene rings is 1. The number of carbonyl (C=O) groups is 2. The summed E-state index contributed by atoms with van der Waals surface area (Å²) in [5.41, 5.74) is 10.6. The van der Waals surface area contributed by atoms with E-state index in [2.05, 4.69) is 33.8 Å². The second-order valence-electron chi connectivity index (χ2n) is 9.14. The van der Waals surface area contributed by atoms with E-state index in [1.165, 1.54) is 32.3 Å². The fraction of sp³-hybridized carbons (Fsp3) is 0.407. The third kappa shape index (κ3) is 5.05. The van der Waals surface area contributed by atoms with E-state index < -0.39 is 0 Å². The Morgan fingerprint density at radius 1 is 1.11 bits per heavy atom. The third-order valence-electron chi connectivity index (χ3n) is 6.80. The molecule has 1 unspecified atom stereocenters. The third-order valence-corrected chi connectivity index (χ3v) is 6.80. The summed E-state index contributed by atoms with van der Waals surface area (Å²) in [5, 5.41) is 0.793. The molecule has 2 aromatic heterocycles. The van der Waals surface area contributed by atoms with Crippen LogP contribution < -0.4 is 5.73 Å². The van der Waals surface area contributed by atoms with E-state index in [0.29, 0.717) is 24.5 Å². The zero-order valence-corrected chi connectivity index (χ0v) is 20.6. The van der Waals surface area contributed by atoms with Gasteiger partial charge in [-0.25, -0.2) is 9.97 Å². The first-order valence-corrected chi connectivity index (χ1v) is 12.0. The van der Waals surface area contributed by atoms with Crippen molar-refractivity contribution in [3.05, 3.63) is 41.9 Å². The van der Waals surface area contributed by atoms with Crippen molar-refractivity contribution in [2.75, 3.05) is 39.0 Å². The predicted octanol–water partition coefficient (Wildman–Crippen LogP) is 3.08. The number of nitrogens with zero attached hydrogens (tertiary/aromatic N) is 5. The number of carbonyl (C=O) groups excluding carboxylic acids is 2. The number of anilines is 1. The predicted molar refractivity (Wildman–Crippen MR) is 138 cm³/mol. The lowest BCUT2D eigenvalue weighted by Crippen LogP contribution is -2.27. The van der Waals surface area contributed by atoms with Gasteiger partial charge in [-0.15, -0.1) is 0 Å². The molecule has 8 nitrogen and oxygen atoms in total. The van der Waals surface area contributed by atoms with E-state index in [1.807, 2.05) is 23.7 Å². The number of likely N-dealkylation sites (tertiary alicyclic amines) is 2. The van der Waals surface area contributed by atoms with Gasteiger partial charge in [0.2, 0.25) is 0 Å². The van der Waals surface area contributed by atoms with Crippen LogP contribution in [-0.4, -0.2) is 69.8 Å². The average molecular weight is 473 g/mol. The minimum atomic E-state index is -0.148. The molecule has 0 aliphatic carbocycles. The number of fused-ring (bicyclic) bond motifs is 1. The molecule has 0 spiro atoms. The quantitative estimate of drug-likeness (QED) is 0.465. The summed E-state index contributed by atoms with van der Waals surface area (Å²) < 4.78 is 2.04. The fourth-order valence-corrected chi connectivity index (χ4v) is 5.02. The molecule has 1 atom stereocenters. The number of nitrogens with two attached hydrogens (primary N) is 1. The molecule has 2 aliphatic rings. The number of hydrogen-bond acceptors (Lipinski definition) is 6. The van der Waals surface area contributed by atoms with Crippen molar-refractivity contribution >= 4 is 29.0 Å². The Balaban J connectivity index is 0.000000421. The van der Waals surface area contributed by atoms with Crippen LogP contribution in [0.3, 0.4) is 0 Å². The van der Waals surface area contributed by atoms with Crippen LogP contribution in [0, 0.1) is 11.8 Å². The smallest absolute Gasteiger partial charge is 0.298 e. The summed E-state index contributed by atoms with van der Waals surface area (Å²) in [6.07, 6.45) is 5.93. The van der Waals surface area contributed by atoms with Crippen molar-refractivity contribution in [1.29, 1.82) is 0 Å². The van der Waals surface area contributed by atoms with Crippen LogP contribution in [0.4, 0.5) is 5.82 Å². The van der Waals surface area contributed by atoms with Crippen LogP contribution in [0.25, 0.3) is 22.2 Å². The second kappa shape index (κ2) is 10.7. The molecule has 0 radical (unpaired) electrons. The molecule has 1 amide bonds. The van der Waals surface area contributed by atoms with Gasteiger partial charge in [-0.05, 0) is 57.8 Å². The van der Waals surface area contributed by atoms with Gasteiger partial charge in [0.05, 0.1) is 5.39 Å². The highest BCUT2D eigenvalue weighted by atomic mass is 16.2. The van der Waals surface area contributed by atoms with Crippen molar-refractivity contribution in [3.63, 3.8) is 0 Å². The van der Waals surface area contributed by atoms with Crippen LogP contribution in [0.2, 0.25) is 0 Å². The van der Waals surface area contributed by atoms with E-state index in [-0.39, 0.29) is 11.8 Å². The van der Waals surface area contributed by atoms with E-state index in [9.17, 15) is 9.59 Å². The Morgan fingerprint density at radius 2 is 1.83 bits per heavy atom. The summed E-state index contributed by atoms with van der Waals surface area (Å²) in [5.74, 6) is 5.69. The van der Waals surface area contributed by atoms with E-state index in [1.54, 1.807) is 24.0 Å². The largest absolute Gasteiger partial charge is 0.383 e. The molecule has 35 heavy (non-hydrogen) atoms. The van der Waals surface area contributed by atoms with Gasteiger partial charge in [0.15, 0.2) is 0 Å². The van der Waals surface area contributed by atoms with Crippen molar-refractivity contribution in [3.8, 4) is 23.0 Å². The highest BCUT2D eigenvalue weighted by Crippen LogP contribution is 2.42. The highest BCUT2D eigenvalue weighted by molar-refractivity contribution is 6.03. The molecule has 2 N–H and O–H groups in total. The number of hydrogen-bond donors (Lipinski definition) is 1. The van der Waals surface area contributed by atoms with Gasteiger partial charge in [0.1, 0.15) is 24.1 Å². The number of amides is 1. The Morgan fingerprint density at radius 3 is 2.43 bits per heavy atom. The SMILES string of the molecule is CC#CC(=O)N1CCC(c2c(-c3ccc(C=O)cc3)c3c(N)ncnc3n2C)C1.CN1CCCC1. The fourth-order valence-electron chi connectivity index (χ4n) is 5.02. The van der Waals surface area contributed by atoms with Crippen LogP contribution in [0.5, 0.6) is 0 Å². The van der Waals surface area contributed by atoms with Crippen molar-refractivity contribution in [2.24, 2.45) is 7.05 Å². The zero-order valence-electron chi connectivity index (χ0n) is 20.6. The number of rotatable bonds is 3. The highest BCUT2D eigenvalue weighted by Gasteiger charge is 2.32. The minimum absolute atomic E-state index is 0.122. The molecule has 2 aliphatic heterocycles. The number of aryl methyl sites for hydroxylation is 1. The van der Waals surface area contributed by atoms with Crippen LogP contribution in [-0.2, 0) is 11.8 Å². The molecule has 0 saturated carbocycles. The van der Waals surface area contributed by atoms with E-state index >= 15 is 0 Å². The number of aldehydes is 1. The second-order valence-corrected chi connectivity index (χ2v) is 9.14. The van der Waals surface area contributed by atoms with Gasteiger partial charge in [-0.3, -0.25) is 9.59 Å². The normalized spacial score (nSPS) is 17.6. The zero-order chi connectivity index (χ0) is 24.9. The van der Waals surface area contributed by atoms with Gasteiger partial charge in [0.25, 0.3) is 5.91 Å². The first kappa shape index (κ1) is 24.4. The van der Waals surface area contributed by atoms with Crippen LogP contribution >= 0.6 is 0 Å². The molecule has 3 aromatic rings. The molecule has 2 saturated heterocycles. The average Bonchev–Trinajstić information content (AvgIpc) is 3.60. The summed E-state index contributed by atoms with van der Waals surface area (Å²) >= 11 is 0. The maximum Gasteiger partial charge on any atom is 0.298 e. The van der Waals surface area contributed by atoms with Crippen LogP contribution in [0.15, 0.2) is 30.6 Å². The van der Waals surface area contributed by atoms with Crippen molar-refractivity contribution in [1.82, 2.24) is 24.3 Å². The Kier molecular flexibility index (Phi) is 7.47. The topological polar surface area (TPSA) is 97.4 Å². The van der Waals surface area contributed by atoms with Gasteiger partial charge >= 0.3 is 0 Å². The number of nitrogen functional groups attached to an aromatic ring is 1. The van der Waals surface area contributed by atoms with E-state index in [4.69, 9.17) is 5.73 Å². The molecular formula is C27H32N6O2. The lowest BCUT2D eigenvalue weighted by atomic mass is 9.94. The van der Waals surface area contributed by atoms with Crippen LogP contribution in [0.1, 0.15) is 48.2 Å². The summed E-state index contributed by atoms with van der Waals surface area (Å²) in [6.45, 7) is 5.55.